The van der Waals surface area contributed by atoms with E-state index in [1.54, 1.807) is 0 Å². The first-order chi connectivity index (χ1) is 14.1. The Kier molecular flexibility index (Phi) is 7.00. The van der Waals surface area contributed by atoms with Gasteiger partial charge in [0, 0.05) is 25.1 Å². The van der Waals surface area contributed by atoms with Gasteiger partial charge in [-0.15, -0.1) is 0 Å². The normalized spacial score (nSPS) is 10.8. The van der Waals surface area contributed by atoms with E-state index in [4.69, 9.17) is 0 Å². The van der Waals surface area contributed by atoms with Crippen LogP contribution in [0.2, 0.25) is 0 Å². The highest BCUT2D eigenvalue weighted by molar-refractivity contribution is 5.94. The van der Waals surface area contributed by atoms with Crippen LogP contribution >= 0.6 is 0 Å². The van der Waals surface area contributed by atoms with Gasteiger partial charge in [-0.2, -0.15) is 0 Å². The molecule has 2 N–H and O–H groups in total. The van der Waals surface area contributed by atoms with E-state index in [2.05, 4.69) is 22.5 Å². The Morgan fingerprint density at radius 3 is 2.52 bits per heavy atom. The Morgan fingerprint density at radius 2 is 1.76 bits per heavy atom. The fourth-order valence-corrected chi connectivity index (χ4v) is 3.19. The van der Waals surface area contributed by atoms with Gasteiger partial charge in [0.1, 0.15) is 12.4 Å². The molecule has 0 bridgehead atoms. The molecule has 0 fully saturated rings. The number of benzene rings is 2. The van der Waals surface area contributed by atoms with Gasteiger partial charge in [-0.25, -0.2) is 4.98 Å². The van der Waals surface area contributed by atoms with Crippen LogP contribution in [0.3, 0.4) is 0 Å². The maximum absolute atomic E-state index is 12.3. The van der Waals surface area contributed by atoms with Crippen LogP contribution in [0.15, 0.2) is 48.5 Å². The molecule has 0 unspecified atom stereocenters. The van der Waals surface area contributed by atoms with Crippen molar-refractivity contribution in [1.82, 2.24) is 20.2 Å². The predicted molar refractivity (Wildman–Crippen MR) is 115 cm³/mol. The lowest BCUT2D eigenvalue weighted by Crippen LogP contribution is -2.30. The van der Waals surface area contributed by atoms with Crippen LogP contribution in [0.1, 0.15) is 41.5 Å². The predicted octanol–water partition coefficient (Wildman–Crippen LogP) is 3.23. The number of nitrogens with zero attached hydrogens (tertiary/aromatic N) is 2. The Bertz CT molecular complexity index is 976. The maximum Gasteiger partial charge on any atom is 0.251 e. The zero-order chi connectivity index (χ0) is 20.6. The summed E-state index contributed by atoms with van der Waals surface area (Å²) in [5.41, 5.74) is 3.54. The zero-order valence-corrected chi connectivity index (χ0v) is 17.1. The number of fused-ring (bicyclic) bond motifs is 1. The van der Waals surface area contributed by atoms with Gasteiger partial charge >= 0.3 is 0 Å². The van der Waals surface area contributed by atoms with E-state index in [1.165, 1.54) is 0 Å². The summed E-state index contributed by atoms with van der Waals surface area (Å²) >= 11 is 0. The highest BCUT2D eigenvalue weighted by atomic mass is 16.2. The second-order valence-corrected chi connectivity index (χ2v) is 7.18. The number of hydrogen-bond donors (Lipinski definition) is 2. The van der Waals surface area contributed by atoms with Gasteiger partial charge in [0.15, 0.2) is 0 Å². The molecule has 0 atom stereocenters. The van der Waals surface area contributed by atoms with E-state index in [0.717, 1.165) is 35.3 Å². The van der Waals surface area contributed by atoms with Crippen molar-refractivity contribution >= 4 is 22.8 Å². The van der Waals surface area contributed by atoms with Crippen LogP contribution in [-0.4, -0.2) is 34.5 Å². The molecule has 0 aliphatic carbocycles. The molecule has 2 amide bonds. The molecule has 2 aromatic carbocycles. The van der Waals surface area contributed by atoms with Crippen LogP contribution in [0.25, 0.3) is 11.0 Å². The standard InChI is InChI=1S/C23H28N4O2/c1-3-4-14-24-22(28)16-27-20-8-6-5-7-19(20)26-21(27)13-15-25-23(29)18-11-9-17(2)10-12-18/h5-12H,3-4,13-16H2,1-2H3,(H,24,28)(H,25,29). The second-order valence-electron chi connectivity index (χ2n) is 7.18. The molecule has 1 aromatic heterocycles. The number of nitrogens with one attached hydrogen (secondary N) is 2. The molecule has 1 heterocycles. The van der Waals surface area contributed by atoms with E-state index in [9.17, 15) is 9.59 Å². The first-order valence-corrected chi connectivity index (χ1v) is 10.1. The molecule has 0 spiro atoms. The maximum atomic E-state index is 12.3. The van der Waals surface area contributed by atoms with Gasteiger partial charge in [0.2, 0.25) is 5.91 Å². The minimum atomic E-state index is -0.107. The van der Waals surface area contributed by atoms with Crippen molar-refractivity contribution in [2.75, 3.05) is 13.1 Å². The highest BCUT2D eigenvalue weighted by Gasteiger charge is 2.14. The molecule has 29 heavy (non-hydrogen) atoms. The number of aryl methyl sites for hydroxylation is 1. The lowest BCUT2D eigenvalue weighted by atomic mass is 10.1. The molecule has 0 aliphatic rings. The number of carbonyl (C=O) groups excluding carboxylic acids is 2. The first-order valence-electron chi connectivity index (χ1n) is 10.1. The van der Waals surface area contributed by atoms with Crippen LogP contribution < -0.4 is 10.6 Å². The smallest absolute Gasteiger partial charge is 0.251 e. The molecular weight excluding hydrogens is 364 g/mol. The number of imidazole rings is 1. The van der Waals surface area contributed by atoms with Gasteiger partial charge in [-0.3, -0.25) is 9.59 Å². The molecule has 0 radical (unpaired) electrons. The average molecular weight is 393 g/mol. The summed E-state index contributed by atoms with van der Waals surface area (Å²) < 4.78 is 1.94. The summed E-state index contributed by atoms with van der Waals surface area (Å²) in [4.78, 5) is 29.3. The fraction of sp³-hybridized carbons (Fsp3) is 0.348. The van der Waals surface area contributed by atoms with Crippen molar-refractivity contribution in [2.45, 2.75) is 39.7 Å². The summed E-state index contributed by atoms with van der Waals surface area (Å²) in [6, 6.07) is 15.3. The van der Waals surface area contributed by atoms with E-state index < -0.39 is 0 Å². The minimum Gasteiger partial charge on any atom is -0.355 e. The Labute approximate surface area is 171 Å². The van der Waals surface area contributed by atoms with Crippen molar-refractivity contribution in [3.63, 3.8) is 0 Å². The van der Waals surface area contributed by atoms with Crippen molar-refractivity contribution in [3.8, 4) is 0 Å². The zero-order valence-electron chi connectivity index (χ0n) is 17.1. The van der Waals surface area contributed by atoms with Gasteiger partial charge in [-0.05, 0) is 37.6 Å². The summed E-state index contributed by atoms with van der Waals surface area (Å²) in [7, 11) is 0. The Morgan fingerprint density at radius 1 is 1.00 bits per heavy atom. The molecule has 0 aliphatic heterocycles. The Hall–Kier alpha value is -3.15. The number of rotatable bonds is 9. The summed E-state index contributed by atoms with van der Waals surface area (Å²) in [5, 5.41) is 5.90. The summed E-state index contributed by atoms with van der Waals surface area (Å²) in [5.74, 6) is 0.664. The third kappa shape index (κ3) is 5.44. The minimum absolute atomic E-state index is 0.0217. The van der Waals surface area contributed by atoms with Crippen molar-refractivity contribution in [3.05, 3.63) is 65.5 Å². The lowest BCUT2D eigenvalue weighted by molar-refractivity contribution is -0.121. The van der Waals surface area contributed by atoms with Crippen molar-refractivity contribution < 1.29 is 9.59 Å². The quantitative estimate of drug-likeness (QED) is 0.549. The van der Waals surface area contributed by atoms with Crippen LogP contribution in [-0.2, 0) is 17.8 Å². The third-order valence-electron chi connectivity index (χ3n) is 4.84. The molecule has 0 saturated heterocycles. The lowest BCUT2D eigenvalue weighted by Gasteiger charge is -2.10. The number of carbonyl (C=O) groups is 2. The molecule has 3 aromatic rings. The monoisotopic (exact) mass is 392 g/mol. The van der Waals surface area contributed by atoms with Gasteiger partial charge < -0.3 is 15.2 Å². The fourth-order valence-electron chi connectivity index (χ4n) is 3.19. The average Bonchev–Trinajstić information content (AvgIpc) is 3.06. The van der Waals surface area contributed by atoms with Crippen LogP contribution in [0, 0.1) is 6.92 Å². The molecule has 6 heteroatoms. The molecule has 152 valence electrons. The van der Waals surface area contributed by atoms with Gasteiger partial charge in [0.05, 0.1) is 11.0 Å². The van der Waals surface area contributed by atoms with E-state index >= 15 is 0 Å². The van der Waals surface area contributed by atoms with Crippen LogP contribution in [0.5, 0.6) is 0 Å². The number of unbranched alkanes of at least 4 members (excludes halogenated alkanes) is 1. The number of para-hydroxylation sites is 2. The molecule has 6 nitrogen and oxygen atoms in total. The van der Waals surface area contributed by atoms with Crippen molar-refractivity contribution in [2.24, 2.45) is 0 Å². The van der Waals surface area contributed by atoms with E-state index in [0.29, 0.717) is 25.1 Å². The van der Waals surface area contributed by atoms with E-state index in [1.807, 2.05) is 60.0 Å². The van der Waals surface area contributed by atoms with Gasteiger partial charge in [0.25, 0.3) is 5.91 Å². The second kappa shape index (κ2) is 9.87. The third-order valence-corrected chi connectivity index (χ3v) is 4.84. The summed E-state index contributed by atoms with van der Waals surface area (Å²) in [6.07, 6.45) is 2.56. The van der Waals surface area contributed by atoms with E-state index in [-0.39, 0.29) is 18.4 Å². The molecule has 3 rings (SSSR count). The number of amides is 2. The highest BCUT2D eigenvalue weighted by Crippen LogP contribution is 2.16. The molecular formula is C23H28N4O2. The summed E-state index contributed by atoms with van der Waals surface area (Å²) in [6.45, 7) is 5.45. The molecule has 0 saturated carbocycles. The number of hydrogen-bond acceptors (Lipinski definition) is 3. The largest absolute Gasteiger partial charge is 0.355 e. The van der Waals surface area contributed by atoms with Crippen molar-refractivity contribution in [1.29, 1.82) is 0 Å². The topological polar surface area (TPSA) is 76.0 Å². The van der Waals surface area contributed by atoms with Crippen LogP contribution in [0.4, 0.5) is 0 Å². The van der Waals surface area contributed by atoms with Gasteiger partial charge in [-0.1, -0.05) is 43.2 Å². The Balaban J connectivity index is 1.67. The first kappa shape index (κ1) is 20.6. The number of aromatic nitrogens is 2. The SMILES string of the molecule is CCCCNC(=O)Cn1c(CCNC(=O)c2ccc(C)cc2)nc2ccccc21.